The van der Waals surface area contributed by atoms with Gasteiger partial charge >= 0.3 is 0 Å². The van der Waals surface area contributed by atoms with Crippen LogP contribution in [0.4, 0.5) is 5.69 Å². The summed E-state index contributed by atoms with van der Waals surface area (Å²) in [5.41, 5.74) is 1.15. The van der Waals surface area contributed by atoms with E-state index in [-0.39, 0.29) is 30.2 Å². The summed E-state index contributed by atoms with van der Waals surface area (Å²) in [7, 11) is 0. The van der Waals surface area contributed by atoms with E-state index in [0.29, 0.717) is 34.6 Å². The number of aromatic hydroxyl groups is 2. The van der Waals surface area contributed by atoms with Crippen molar-refractivity contribution < 1.29 is 24.9 Å². The van der Waals surface area contributed by atoms with Gasteiger partial charge in [-0.1, -0.05) is 6.92 Å². The summed E-state index contributed by atoms with van der Waals surface area (Å²) < 4.78 is 1.44. The van der Waals surface area contributed by atoms with E-state index in [2.05, 4.69) is 64.8 Å². The molecule has 2 atom stereocenters. The predicted molar refractivity (Wildman–Crippen MR) is 140 cm³/mol. The number of phenols is 2. The molecule has 1 aliphatic rings. The van der Waals surface area contributed by atoms with Crippen LogP contribution >= 0.6 is 38.5 Å². The van der Waals surface area contributed by atoms with Gasteiger partial charge in [0.2, 0.25) is 5.91 Å². The average molecular weight is 646 g/mol. The fraction of sp³-hybridized carbons (Fsp3) is 0.318. The maximum absolute atomic E-state index is 12.6. The van der Waals surface area contributed by atoms with E-state index in [1.165, 1.54) is 18.2 Å². The van der Waals surface area contributed by atoms with Crippen molar-refractivity contribution in [2.75, 3.05) is 25.0 Å². The Morgan fingerprint density at radius 3 is 2.71 bits per heavy atom. The Bertz CT molecular complexity index is 1110. The quantitative estimate of drug-likeness (QED) is 0.228. The van der Waals surface area contributed by atoms with Gasteiger partial charge in [0.25, 0.3) is 5.91 Å². The Balaban J connectivity index is 1.61. The first-order valence-electron chi connectivity index (χ1n) is 10.5. The topological polar surface area (TPSA) is 155 Å². The van der Waals surface area contributed by atoms with Crippen LogP contribution in [0.25, 0.3) is 0 Å². The highest BCUT2D eigenvalue weighted by molar-refractivity contribution is 14.1. The number of carbonyl (C=O) groups excluding carboxylic acids is 2. The molecule has 0 saturated heterocycles. The lowest BCUT2D eigenvalue weighted by Crippen LogP contribution is -2.42. The fourth-order valence-electron chi connectivity index (χ4n) is 3.33. The summed E-state index contributed by atoms with van der Waals surface area (Å²) in [6, 6.07) is 7.35. The number of β-amino-alcohol motifs (C(OH)–C–C–N with tert-alkyl or cyclic N) is 1. The van der Waals surface area contributed by atoms with Crippen LogP contribution < -0.4 is 21.3 Å². The third-order valence-electron chi connectivity index (χ3n) is 4.99. The number of aliphatic hydroxyl groups excluding tert-OH is 1. The van der Waals surface area contributed by atoms with E-state index in [1.54, 1.807) is 12.1 Å². The molecule has 0 radical (unpaired) electrons. The summed E-state index contributed by atoms with van der Waals surface area (Å²) in [4.78, 5) is 29.2. The van der Waals surface area contributed by atoms with Gasteiger partial charge in [-0.3, -0.25) is 14.6 Å². The molecule has 2 amide bonds. The van der Waals surface area contributed by atoms with Crippen LogP contribution in [0.5, 0.6) is 11.5 Å². The van der Waals surface area contributed by atoms with Crippen LogP contribution in [-0.4, -0.2) is 58.8 Å². The monoisotopic (exact) mass is 645 g/mol. The summed E-state index contributed by atoms with van der Waals surface area (Å²) in [6.45, 7) is 2.17. The summed E-state index contributed by atoms with van der Waals surface area (Å²) in [5, 5.41) is 41.1. The number of aliphatic hydroxyl groups is 1. The zero-order chi connectivity index (χ0) is 24.8. The van der Waals surface area contributed by atoms with Crippen molar-refractivity contribution in [2.24, 2.45) is 4.99 Å². The molecule has 182 valence electrons. The second-order valence-electron chi connectivity index (χ2n) is 7.65. The van der Waals surface area contributed by atoms with E-state index < -0.39 is 24.0 Å². The maximum Gasteiger partial charge on any atom is 0.251 e. The molecule has 1 heterocycles. The van der Waals surface area contributed by atoms with Crippen LogP contribution in [0.15, 0.2) is 39.8 Å². The SMILES string of the molecule is CCC(NC(=O)CNC(=O)c1cc(O)cc(NC2=NCC(O)CN2)c1)c1cc(I)cc(Br)c1O. The van der Waals surface area contributed by atoms with Crippen molar-refractivity contribution in [3.8, 4) is 11.5 Å². The number of amides is 2. The van der Waals surface area contributed by atoms with Crippen molar-refractivity contribution in [3.05, 3.63) is 49.5 Å². The molecule has 3 rings (SSSR count). The van der Waals surface area contributed by atoms with Gasteiger partial charge in [-0.25, -0.2) is 0 Å². The molecule has 0 spiro atoms. The second kappa shape index (κ2) is 11.7. The van der Waals surface area contributed by atoms with Gasteiger partial charge in [-0.05, 0) is 69.2 Å². The Morgan fingerprint density at radius 2 is 2.03 bits per heavy atom. The van der Waals surface area contributed by atoms with Gasteiger partial charge in [-0.15, -0.1) is 0 Å². The standard InChI is InChI=1S/C22H25BrIN5O5/c1-2-18(16-5-12(24)6-17(23)20(16)33)29-19(32)10-25-21(34)11-3-13(7-14(30)4-11)28-22-26-8-15(31)9-27-22/h3-7,15,18,30-31,33H,2,8-10H2,1H3,(H,25,34)(H,29,32)(H2,26,27,28). The Kier molecular flexibility index (Phi) is 8.97. The van der Waals surface area contributed by atoms with Gasteiger partial charge in [-0.2, -0.15) is 0 Å². The molecule has 1 aliphatic heterocycles. The number of carbonyl (C=O) groups is 2. The molecule has 2 unspecified atom stereocenters. The number of halogens is 2. The van der Waals surface area contributed by atoms with Crippen LogP contribution in [0.3, 0.4) is 0 Å². The van der Waals surface area contributed by atoms with Crippen LogP contribution in [0.1, 0.15) is 35.3 Å². The zero-order valence-corrected chi connectivity index (χ0v) is 22.0. The summed E-state index contributed by atoms with van der Waals surface area (Å²) in [5.74, 6) is -0.633. The minimum absolute atomic E-state index is 0.0583. The number of hydrogen-bond acceptors (Lipinski definition) is 8. The van der Waals surface area contributed by atoms with Gasteiger partial charge in [0.1, 0.15) is 11.5 Å². The van der Waals surface area contributed by atoms with Crippen LogP contribution in [0, 0.1) is 3.57 Å². The number of phenolic OH excluding ortho intramolecular Hbond substituents is 2. The molecular formula is C22H25BrIN5O5. The number of hydrogen-bond donors (Lipinski definition) is 7. The normalized spacial score (nSPS) is 16.1. The predicted octanol–water partition coefficient (Wildman–Crippen LogP) is 2.19. The highest BCUT2D eigenvalue weighted by atomic mass is 127. The van der Waals surface area contributed by atoms with Crippen LogP contribution in [-0.2, 0) is 4.79 Å². The Labute approximate surface area is 218 Å². The number of nitrogens with zero attached hydrogens (tertiary/aromatic N) is 1. The van der Waals surface area contributed by atoms with Crippen molar-refractivity contribution in [2.45, 2.75) is 25.5 Å². The third-order valence-corrected chi connectivity index (χ3v) is 6.22. The highest BCUT2D eigenvalue weighted by Gasteiger charge is 2.20. The zero-order valence-electron chi connectivity index (χ0n) is 18.2. The average Bonchev–Trinajstić information content (AvgIpc) is 2.79. The first-order valence-corrected chi connectivity index (χ1v) is 12.4. The van der Waals surface area contributed by atoms with E-state index in [4.69, 9.17) is 0 Å². The number of anilines is 1. The summed E-state index contributed by atoms with van der Waals surface area (Å²) >= 11 is 5.44. The molecule has 7 N–H and O–H groups in total. The lowest BCUT2D eigenvalue weighted by atomic mass is 10.0. The number of aliphatic imine (C=N–C) groups is 1. The minimum atomic E-state index is -0.564. The van der Waals surface area contributed by atoms with Gasteiger partial charge in [0.05, 0.1) is 29.7 Å². The smallest absolute Gasteiger partial charge is 0.251 e. The molecule has 2 aromatic carbocycles. The second-order valence-corrected chi connectivity index (χ2v) is 9.75. The molecule has 0 fully saturated rings. The van der Waals surface area contributed by atoms with Crippen molar-refractivity contribution in [3.63, 3.8) is 0 Å². The third kappa shape index (κ3) is 6.96. The van der Waals surface area contributed by atoms with E-state index in [1.807, 2.05) is 6.92 Å². The highest BCUT2D eigenvalue weighted by Crippen LogP contribution is 2.35. The van der Waals surface area contributed by atoms with Crippen molar-refractivity contribution >= 4 is 62.0 Å². The van der Waals surface area contributed by atoms with Gasteiger partial charge < -0.3 is 36.6 Å². The van der Waals surface area contributed by atoms with E-state index in [9.17, 15) is 24.9 Å². The lowest BCUT2D eigenvalue weighted by molar-refractivity contribution is -0.120. The van der Waals surface area contributed by atoms with E-state index >= 15 is 0 Å². The van der Waals surface area contributed by atoms with E-state index in [0.717, 1.165) is 3.57 Å². The minimum Gasteiger partial charge on any atom is -0.508 e. The molecule has 12 heteroatoms. The Morgan fingerprint density at radius 1 is 1.26 bits per heavy atom. The van der Waals surface area contributed by atoms with Gasteiger partial charge in [0, 0.05) is 33.0 Å². The molecule has 10 nitrogen and oxygen atoms in total. The van der Waals surface area contributed by atoms with Gasteiger partial charge in [0.15, 0.2) is 5.96 Å². The molecule has 0 aromatic heterocycles. The molecular weight excluding hydrogens is 621 g/mol. The molecule has 0 saturated carbocycles. The van der Waals surface area contributed by atoms with Crippen molar-refractivity contribution in [1.29, 1.82) is 0 Å². The first-order chi connectivity index (χ1) is 16.2. The fourth-order valence-corrected chi connectivity index (χ4v) is 4.88. The first kappa shape index (κ1) is 26.0. The number of guanidine groups is 1. The number of benzene rings is 2. The number of rotatable bonds is 7. The Hall–Kier alpha value is -2.58. The maximum atomic E-state index is 12.6. The largest absolute Gasteiger partial charge is 0.508 e. The molecule has 2 aromatic rings. The molecule has 0 bridgehead atoms. The summed E-state index contributed by atoms with van der Waals surface area (Å²) in [6.07, 6.45) is -0.0263. The van der Waals surface area contributed by atoms with Crippen molar-refractivity contribution in [1.82, 2.24) is 16.0 Å². The molecule has 0 aliphatic carbocycles. The number of nitrogens with one attached hydrogen (secondary N) is 4. The lowest BCUT2D eigenvalue weighted by Gasteiger charge is -2.20. The van der Waals surface area contributed by atoms with Crippen LogP contribution in [0.2, 0.25) is 0 Å². The molecule has 34 heavy (non-hydrogen) atoms.